The Bertz CT molecular complexity index is 564. The summed E-state index contributed by atoms with van der Waals surface area (Å²) in [4.78, 5) is 0.410. The highest BCUT2D eigenvalue weighted by atomic mass is 32.2. The van der Waals surface area contributed by atoms with Gasteiger partial charge in [-0.1, -0.05) is 32.9 Å². The van der Waals surface area contributed by atoms with E-state index in [1.807, 2.05) is 12.1 Å². The van der Waals surface area contributed by atoms with Gasteiger partial charge in [0.1, 0.15) is 0 Å². The van der Waals surface area contributed by atoms with Crippen LogP contribution < -0.4 is 5.32 Å². The predicted octanol–water partition coefficient (Wildman–Crippen LogP) is 2.26. The van der Waals surface area contributed by atoms with Crippen molar-refractivity contribution in [1.82, 2.24) is 9.62 Å². The van der Waals surface area contributed by atoms with Gasteiger partial charge in [0.15, 0.2) is 0 Å². The Morgan fingerprint density at radius 2 is 1.90 bits per heavy atom. The van der Waals surface area contributed by atoms with Crippen LogP contribution in [-0.2, 0) is 16.4 Å². The molecule has 4 nitrogen and oxygen atoms in total. The van der Waals surface area contributed by atoms with Gasteiger partial charge < -0.3 is 5.32 Å². The minimum atomic E-state index is -3.33. The fraction of sp³-hybridized carbons (Fsp3) is 0.625. The Labute approximate surface area is 128 Å². The highest BCUT2D eigenvalue weighted by Gasteiger charge is 2.36. The van der Waals surface area contributed by atoms with E-state index in [2.05, 4.69) is 26.1 Å². The number of likely N-dealkylation sites (N-methyl/N-ethyl adjacent to an activating group) is 1. The fourth-order valence-electron chi connectivity index (χ4n) is 2.65. The van der Waals surface area contributed by atoms with Gasteiger partial charge in [-0.3, -0.25) is 0 Å². The molecule has 0 amide bonds. The van der Waals surface area contributed by atoms with Gasteiger partial charge in [-0.2, -0.15) is 4.31 Å². The van der Waals surface area contributed by atoms with E-state index in [9.17, 15) is 8.42 Å². The van der Waals surface area contributed by atoms with Crippen molar-refractivity contribution in [1.29, 1.82) is 0 Å². The zero-order chi connectivity index (χ0) is 15.5. The average molecular weight is 310 g/mol. The van der Waals surface area contributed by atoms with Gasteiger partial charge in [0.2, 0.25) is 10.0 Å². The molecular weight excluding hydrogens is 284 g/mol. The van der Waals surface area contributed by atoms with Gasteiger partial charge >= 0.3 is 0 Å². The highest BCUT2D eigenvalue weighted by Crippen LogP contribution is 2.32. The molecule has 0 aromatic heterocycles. The third-order valence-corrected chi connectivity index (χ3v) is 5.90. The number of hydrogen-bond donors (Lipinski definition) is 1. The molecule has 0 saturated carbocycles. The normalized spacial score (nSPS) is 19.0. The number of rotatable bonds is 6. The SMILES string of the molecule is CCNCCc1ccc(S(=O)(=O)N2CCC(C)(C)C2)cc1. The fourth-order valence-corrected chi connectivity index (χ4v) is 4.28. The van der Waals surface area contributed by atoms with Gasteiger partial charge in [-0.15, -0.1) is 0 Å². The van der Waals surface area contributed by atoms with E-state index in [4.69, 9.17) is 0 Å². The standard InChI is InChI=1S/C16H26N2O2S/c1-4-17-11-9-14-5-7-15(8-6-14)21(19,20)18-12-10-16(2,3)13-18/h5-8,17H,4,9-13H2,1-3H3. The van der Waals surface area contributed by atoms with E-state index >= 15 is 0 Å². The second-order valence-electron chi connectivity index (χ2n) is 6.50. The lowest BCUT2D eigenvalue weighted by molar-refractivity contribution is 0.375. The number of sulfonamides is 1. The van der Waals surface area contributed by atoms with E-state index < -0.39 is 10.0 Å². The summed E-state index contributed by atoms with van der Waals surface area (Å²) in [7, 11) is -3.33. The average Bonchev–Trinajstić information content (AvgIpc) is 2.81. The van der Waals surface area contributed by atoms with Gasteiger partial charge in [0, 0.05) is 13.1 Å². The quantitative estimate of drug-likeness (QED) is 0.820. The lowest BCUT2D eigenvalue weighted by Gasteiger charge is -2.19. The van der Waals surface area contributed by atoms with E-state index in [0.717, 1.165) is 31.5 Å². The molecule has 1 aromatic carbocycles. The summed E-state index contributed by atoms with van der Waals surface area (Å²) >= 11 is 0. The lowest BCUT2D eigenvalue weighted by Crippen LogP contribution is -2.30. The number of nitrogens with one attached hydrogen (secondary N) is 1. The molecule has 0 aliphatic carbocycles. The van der Waals surface area contributed by atoms with E-state index in [1.165, 1.54) is 0 Å². The second kappa shape index (κ2) is 6.46. The Morgan fingerprint density at radius 3 is 2.43 bits per heavy atom. The van der Waals surface area contributed by atoms with Crippen LogP contribution in [0, 0.1) is 5.41 Å². The van der Waals surface area contributed by atoms with Crippen LogP contribution in [0.15, 0.2) is 29.2 Å². The summed E-state index contributed by atoms with van der Waals surface area (Å²) in [6, 6.07) is 7.32. The van der Waals surface area contributed by atoms with Crippen molar-refractivity contribution in [3.05, 3.63) is 29.8 Å². The maximum Gasteiger partial charge on any atom is 0.243 e. The lowest BCUT2D eigenvalue weighted by atomic mass is 9.93. The van der Waals surface area contributed by atoms with E-state index in [1.54, 1.807) is 16.4 Å². The van der Waals surface area contributed by atoms with Crippen LogP contribution in [-0.4, -0.2) is 38.9 Å². The van der Waals surface area contributed by atoms with Crippen LogP contribution in [0.5, 0.6) is 0 Å². The summed E-state index contributed by atoms with van der Waals surface area (Å²) in [5.41, 5.74) is 1.25. The Kier molecular flexibility index (Phi) is 5.07. The van der Waals surface area contributed by atoms with Crippen molar-refractivity contribution in [2.24, 2.45) is 5.41 Å². The molecule has 1 aliphatic heterocycles. The van der Waals surface area contributed by atoms with Crippen molar-refractivity contribution < 1.29 is 8.42 Å². The molecule has 1 aliphatic rings. The van der Waals surface area contributed by atoms with Crippen LogP contribution in [0.1, 0.15) is 32.8 Å². The van der Waals surface area contributed by atoms with Crippen LogP contribution >= 0.6 is 0 Å². The Hall–Kier alpha value is -0.910. The van der Waals surface area contributed by atoms with Gasteiger partial charge in [-0.05, 0) is 49.0 Å². The zero-order valence-electron chi connectivity index (χ0n) is 13.2. The summed E-state index contributed by atoms with van der Waals surface area (Å²) in [5, 5.41) is 3.27. The molecule has 1 heterocycles. The number of benzene rings is 1. The van der Waals surface area contributed by atoms with Crippen molar-refractivity contribution in [2.45, 2.75) is 38.5 Å². The predicted molar refractivity (Wildman–Crippen MR) is 85.8 cm³/mol. The van der Waals surface area contributed by atoms with Gasteiger partial charge in [0.25, 0.3) is 0 Å². The summed E-state index contributed by atoms with van der Waals surface area (Å²) in [6.07, 6.45) is 1.85. The summed E-state index contributed by atoms with van der Waals surface area (Å²) in [6.45, 7) is 9.42. The van der Waals surface area contributed by atoms with E-state index in [0.29, 0.717) is 18.0 Å². The molecule has 1 N–H and O–H groups in total. The van der Waals surface area contributed by atoms with Gasteiger partial charge in [0.05, 0.1) is 4.90 Å². The molecule has 0 unspecified atom stereocenters. The molecule has 1 saturated heterocycles. The maximum atomic E-state index is 12.6. The first kappa shape index (κ1) is 16.5. The van der Waals surface area contributed by atoms with Crippen molar-refractivity contribution in [2.75, 3.05) is 26.2 Å². The highest BCUT2D eigenvalue weighted by molar-refractivity contribution is 7.89. The Morgan fingerprint density at radius 1 is 1.24 bits per heavy atom. The van der Waals surface area contributed by atoms with Crippen LogP contribution in [0.3, 0.4) is 0 Å². The van der Waals surface area contributed by atoms with Crippen LogP contribution in [0.25, 0.3) is 0 Å². The van der Waals surface area contributed by atoms with Gasteiger partial charge in [-0.25, -0.2) is 8.42 Å². The topological polar surface area (TPSA) is 49.4 Å². The largest absolute Gasteiger partial charge is 0.317 e. The first-order valence-electron chi connectivity index (χ1n) is 7.65. The zero-order valence-corrected chi connectivity index (χ0v) is 14.0. The summed E-state index contributed by atoms with van der Waals surface area (Å²) < 4.78 is 26.8. The monoisotopic (exact) mass is 310 g/mol. The van der Waals surface area contributed by atoms with Crippen molar-refractivity contribution in [3.8, 4) is 0 Å². The first-order valence-corrected chi connectivity index (χ1v) is 9.09. The smallest absolute Gasteiger partial charge is 0.243 e. The Balaban J connectivity index is 2.07. The molecule has 5 heteroatoms. The number of hydrogen-bond acceptors (Lipinski definition) is 3. The molecule has 1 aromatic rings. The third-order valence-electron chi connectivity index (χ3n) is 4.04. The molecule has 0 atom stereocenters. The third kappa shape index (κ3) is 4.05. The molecule has 1 fully saturated rings. The van der Waals surface area contributed by atoms with E-state index in [-0.39, 0.29) is 5.41 Å². The maximum absolute atomic E-state index is 12.6. The molecule has 0 spiro atoms. The summed E-state index contributed by atoms with van der Waals surface area (Å²) in [5.74, 6) is 0. The molecule has 2 rings (SSSR count). The minimum absolute atomic E-state index is 0.0822. The van der Waals surface area contributed by atoms with Crippen LogP contribution in [0.2, 0.25) is 0 Å². The molecule has 0 bridgehead atoms. The molecular formula is C16H26N2O2S. The minimum Gasteiger partial charge on any atom is -0.317 e. The second-order valence-corrected chi connectivity index (χ2v) is 8.44. The number of nitrogens with zero attached hydrogens (tertiary/aromatic N) is 1. The first-order chi connectivity index (χ1) is 9.85. The molecule has 0 radical (unpaired) electrons. The van der Waals surface area contributed by atoms with Crippen molar-refractivity contribution >= 4 is 10.0 Å². The molecule has 21 heavy (non-hydrogen) atoms. The molecule has 118 valence electrons. The van der Waals surface area contributed by atoms with Crippen LogP contribution in [0.4, 0.5) is 0 Å². The van der Waals surface area contributed by atoms with Crippen molar-refractivity contribution in [3.63, 3.8) is 0 Å².